The number of hydrogen-bond donors (Lipinski definition) is 3. The number of amides is 2. The predicted molar refractivity (Wildman–Crippen MR) is 39.5 cm³/mol. The molecule has 0 rings (SSSR count). The minimum atomic E-state index is -4.63. The van der Waals surface area contributed by atoms with Gasteiger partial charge in [-0.15, -0.1) is 0 Å². The number of hydrogen-bond acceptors (Lipinski definition) is 4. The van der Waals surface area contributed by atoms with Crippen LogP contribution in [0.25, 0.3) is 0 Å². The van der Waals surface area contributed by atoms with Crippen molar-refractivity contribution in [1.29, 1.82) is 0 Å². The Bertz CT molecular complexity index is 305. The Morgan fingerprint density at radius 1 is 1.38 bits per heavy atom. The second-order valence-corrected chi connectivity index (χ2v) is 3.68. The quantitative estimate of drug-likeness (QED) is 0.320. The largest absolute Gasteiger partial charge is 1.00 e. The van der Waals surface area contributed by atoms with E-state index in [1.807, 2.05) is 0 Å². The zero-order chi connectivity index (χ0) is 9.94. The van der Waals surface area contributed by atoms with Gasteiger partial charge in [0, 0.05) is 0 Å². The van der Waals surface area contributed by atoms with E-state index in [9.17, 15) is 18.0 Å². The average Bonchev–Trinajstić information content (AvgIpc) is 1.79. The molecular weight excluding hydrogens is 211 g/mol. The SMILES string of the molecule is NC(=O)CC(C(N)=O)S(=O)(=O)O.[H-].[Na+]. The van der Waals surface area contributed by atoms with Crippen LogP contribution >= 0.6 is 0 Å². The summed E-state index contributed by atoms with van der Waals surface area (Å²) in [5.74, 6) is -2.34. The van der Waals surface area contributed by atoms with Crippen LogP contribution in [0.1, 0.15) is 7.85 Å². The molecule has 5 N–H and O–H groups in total. The molecule has 72 valence electrons. The molecule has 13 heavy (non-hydrogen) atoms. The third kappa shape index (κ3) is 5.99. The third-order valence-corrected chi connectivity index (χ3v) is 2.18. The van der Waals surface area contributed by atoms with Gasteiger partial charge in [-0.25, -0.2) is 0 Å². The van der Waals surface area contributed by atoms with Crippen LogP contribution in [-0.2, 0) is 19.7 Å². The van der Waals surface area contributed by atoms with E-state index in [2.05, 4.69) is 11.5 Å². The van der Waals surface area contributed by atoms with E-state index in [4.69, 9.17) is 4.55 Å². The summed E-state index contributed by atoms with van der Waals surface area (Å²) in [6, 6.07) is 0. The summed E-state index contributed by atoms with van der Waals surface area (Å²) in [5, 5.41) is -1.95. The molecule has 0 saturated heterocycles. The second kappa shape index (κ2) is 5.55. The summed E-state index contributed by atoms with van der Waals surface area (Å²) >= 11 is 0. The topological polar surface area (TPSA) is 141 Å². The van der Waals surface area contributed by atoms with Crippen molar-refractivity contribution in [3.05, 3.63) is 0 Å². The minimum absolute atomic E-state index is 0. The fourth-order valence-electron chi connectivity index (χ4n) is 0.535. The van der Waals surface area contributed by atoms with Crippen LogP contribution in [0.3, 0.4) is 0 Å². The van der Waals surface area contributed by atoms with Crippen LogP contribution in [0, 0.1) is 0 Å². The van der Waals surface area contributed by atoms with Crippen LogP contribution in [0.4, 0.5) is 0 Å². The number of rotatable bonds is 4. The number of carbonyl (C=O) groups is 2. The van der Waals surface area contributed by atoms with E-state index in [-0.39, 0.29) is 31.0 Å². The zero-order valence-electron chi connectivity index (χ0n) is 7.93. The Labute approximate surface area is 98.4 Å². The van der Waals surface area contributed by atoms with Gasteiger partial charge in [-0.1, -0.05) is 0 Å². The van der Waals surface area contributed by atoms with E-state index >= 15 is 0 Å². The number of nitrogens with two attached hydrogens (primary N) is 2. The van der Waals surface area contributed by atoms with Crippen molar-refractivity contribution >= 4 is 21.9 Å². The monoisotopic (exact) mass is 220 g/mol. The molecule has 1 unspecified atom stereocenters. The van der Waals surface area contributed by atoms with Gasteiger partial charge in [0.25, 0.3) is 10.1 Å². The van der Waals surface area contributed by atoms with Crippen LogP contribution in [-0.4, -0.2) is 30.0 Å². The molecular formula is C4H9N2NaO5S. The predicted octanol–water partition coefficient (Wildman–Crippen LogP) is -5.28. The van der Waals surface area contributed by atoms with Crippen LogP contribution in [0.5, 0.6) is 0 Å². The number of carbonyl (C=O) groups excluding carboxylic acids is 2. The molecule has 0 spiro atoms. The van der Waals surface area contributed by atoms with Gasteiger partial charge in [-0.2, -0.15) is 8.42 Å². The summed E-state index contributed by atoms with van der Waals surface area (Å²) in [4.78, 5) is 20.6. The van der Waals surface area contributed by atoms with Gasteiger partial charge >= 0.3 is 29.6 Å². The fraction of sp³-hybridized carbons (Fsp3) is 0.500. The van der Waals surface area contributed by atoms with Crippen LogP contribution in [0.15, 0.2) is 0 Å². The van der Waals surface area contributed by atoms with Crippen molar-refractivity contribution in [3.63, 3.8) is 0 Å². The molecule has 9 heteroatoms. The van der Waals surface area contributed by atoms with E-state index in [1.165, 1.54) is 0 Å². The Morgan fingerprint density at radius 3 is 1.85 bits per heavy atom. The van der Waals surface area contributed by atoms with Crippen molar-refractivity contribution in [3.8, 4) is 0 Å². The Balaban J connectivity index is -0.000000605. The maximum Gasteiger partial charge on any atom is 1.00 e. The van der Waals surface area contributed by atoms with E-state index in [1.54, 1.807) is 0 Å². The van der Waals surface area contributed by atoms with Crippen molar-refractivity contribution < 1.29 is 53.5 Å². The van der Waals surface area contributed by atoms with Gasteiger partial charge in [0.2, 0.25) is 11.8 Å². The van der Waals surface area contributed by atoms with E-state index < -0.39 is 33.6 Å². The summed E-state index contributed by atoms with van der Waals surface area (Å²) < 4.78 is 29.1. The van der Waals surface area contributed by atoms with Crippen LogP contribution < -0.4 is 41.0 Å². The van der Waals surface area contributed by atoms with Gasteiger partial charge in [-0.05, 0) is 0 Å². The molecule has 0 heterocycles. The fourth-order valence-corrected chi connectivity index (χ4v) is 1.20. The van der Waals surface area contributed by atoms with Crippen molar-refractivity contribution in [2.75, 3.05) is 0 Å². The maximum absolute atomic E-state index is 10.4. The molecule has 2 amide bonds. The zero-order valence-corrected chi connectivity index (χ0v) is 9.74. The van der Waals surface area contributed by atoms with Crippen molar-refractivity contribution in [2.24, 2.45) is 11.5 Å². The van der Waals surface area contributed by atoms with Crippen LogP contribution in [0.2, 0.25) is 0 Å². The molecule has 0 radical (unpaired) electrons. The smallest absolute Gasteiger partial charge is 1.00 e. The van der Waals surface area contributed by atoms with Gasteiger partial charge in [0.05, 0.1) is 6.42 Å². The molecule has 1 atom stereocenters. The molecule has 0 bridgehead atoms. The molecule has 0 aliphatic carbocycles. The molecule has 0 aromatic heterocycles. The van der Waals surface area contributed by atoms with Crippen molar-refractivity contribution in [2.45, 2.75) is 11.7 Å². The summed E-state index contributed by atoms with van der Waals surface area (Å²) in [5.41, 5.74) is 9.19. The first-order valence-electron chi connectivity index (χ1n) is 2.79. The third-order valence-electron chi connectivity index (χ3n) is 1.06. The standard InChI is InChI=1S/C4H8N2O5S.Na.H/c5-3(7)1-2(4(6)8)12(9,10)11;;/h2H,1H2,(H2,5,7)(H2,6,8)(H,9,10,11);;/q;+1;-1. The summed E-state index contributed by atoms with van der Waals surface area (Å²) in [6.45, 7) is 0. The summed E-state index contributed by atoms with van der Waals surface area (Å²) in [6.07, 6.45) is -0.811. The Hall–Kier alpha value is -0.150. The second-order valence-electron chi connectivity index (χ2n) is 2.08. The normalized spacial score (nSPS) is 12.7. The average molecular weight is 220 g/mol. The van der Waals surface area contributed by atoms with Crippen molar-refractivity contribution in [1.82, 2.24) is 0 Å². The molecule has 7 nitrogen and oxygen atoms in total. The molecule has 0 aliphatic rings. The van der Waals surface area contributed by atoms with E-state index in [0.29, 0.717) is 0 Å². The maximum atomic E-state index is 10.4. The first-order chi connectivity index (χ1) is 5.25. The number of primary amides is 2. The van der Waals surface area contributed by atoms with Gasteiger partial charge in [0.1, 0.15) is 0 Å². The first kappa shape index (κ1) is 15.3. The summed E-state index contributed by atoms with van der Waals surface area (Å²) in [7, 11) is -4.63. The Kier molecular flexibility index (Phi) is 6.55. The minimum Gasteiger partial charge on any atom is -1.00 e. The Morgan fingerprint density at radius 2 is 1.77 bits per heavy atom. The van der Waals surface area contributed by atoms with Gasteiger partial charge in [-0.3, -0.25) is 14.1 Å². The molecule has 0 aliphatic heterocycles. The van der Waals surface area contributed by atoms with E-state index in [0.717, 1.165) is 0 Å². The van der Waals surface area contributed by atoms with Gasteiger partial charge in [0.15, 0.2) is 5.25 Å². The van der Waals surface area contributed by atoms with Gasteiger partial charge < -0.3 is 12.9 Å². The molecule has 0 fully saturated rings. The first-order valence-corrected chi connectivity index (χ1v) is 4.29. The molecule has 0 aromatic rings. The molecule has 0 saturated carbocycles. The molecule has 0 aromatic carbocycles.